The third-order valence-corrected chi connectivity index (χ3v) is 3.87. The van der Waals surface area contributed by atoms with E-state index < -0.39 is 11.7 Å². The maximum absolute atomic E-state index is 13.5. The molecule has 1 aromatic heterocycles. The topological polar surface area (TPSA) is 106 Å². The average Bonchev–Trinajstić information content (AvgIpc) is 2.99. The van der Waals surface area contributed by atoms with Gasteiger partial charge in [-0.15, -0.1) is 10.2 Å². The van der Waals surface area contributed by atoms with Crippen LogP contribution in [0.2, 0.25) is 0 Å². The van der Waals surface area contributed by atoms with Gasteiger partial charge < -0.3 is 24.3 Å². The molecular formula is C18H16FN3O5. The van der Waals surface area contributed by atoms with Crippen LogP contribution < -0.4 is 14.2 Å². The number of hydrogen-bond donors (Lipinski definition) is 2. The van der Waals surface area contributed by atoms with Crippen LogP contribution in [0, 0.1) is 5.82 Å². The molecule has 9 heteroatoms. The van der Waals surface area contributed by atoms with Gasteiger partial charge in [0.2, 0.25) is 11.6 Å². The zero-order valence-corrected chi connectivity index (χ0v) is 14.7. The molecule has 0 unspecified atom stereocenters. The van der Waals surface area contributed by atoms with Crippen LogP contribution in [0.4, 0.5) is 10.1 Å². The third-order valence-electron chi connectivity index (χ3n) is 3.87. The number of fused-ring (bicyclic) bond motifs is 1. The Labute approximate surface area is 153 Å². The largest absolute Gasteiger partial charge is 0.493 e. The molecule has 0 saturated carbocycles. The van der Waals surface area contributed by atoms with E-state index in [2.05, 4.69) is 15.2 Å². The molecule has 2 N–H and O–H groups in total. The summed E-state index contributed by atoms with van der Waals surface area (Å²) >= 11 is 0. The number of aromatic amines is 1. The van der Waals surface area contributed by atoms with E-state index in [4.69, 9.17) is 14.2 Å². The van der Waals surface area contributed by atoms with Gasteiger partial charge in [-0.3, -0.25) is 4.79 Å². The Morgan fingerprint density at radius 1 is 1.07 bits per heavy atom. The molecule has 0 bridgehead atoms. The van der Waals surface area contributed by atoms with Crippen molar-refractivity contribution in [2.24, 2.45) is 10.2 Å². The quantitative estimate of drug-likeness (QED) is 0.659. The molecule has 1 amide bonds. The second kappa shape index (κ2) is 7.32. The molecule has 0 atom stereocenters. The maximum Gasteiger partial charge on any atom is 0.295 e. The number of nitrogens with one attached hydrogen (secondary N) is 1. The fourth-order valence-corrected chi connectivity index (χ4v) is 2.59. The van der Waals surface area contributed by atoms with Crippen molar-refractivity contribution in [2.45, 2.75) is 0 Å². The summed E-state index contributed by atoms with van der Waals surface area (Å²) in [6, 6.07) is 6.73. The molecule has 0 saturated heterocycles. The Morgan fingerprint density at radius 2 is 1.74 bits per heavy atom. The van der Waals surface area contributed by atoms with E-state index in [9.17, 15) is 14.3 Å². The third kappa shape index (κ3) is 3.39. The van der Waals surface area contributed by atoms with Gasteiger partial charge >= 0.3 is 0 Å². The Kier molecular flexibility index (Phi) is 4.93. The van der Waals surface area contributed by atoms with Gasteiger partial charge in [-0.2, -0.15) is 0 Å². The number of benzene rings is 2. The number of aromatic nitrogens is 1. The lowest BCUT2D eigenvalue weighted by Gasteiger charge is -2.12. The van der Waals surface area contributed by atoms with Crippen molar-refractivity contribution in [3.63, 3.8) is 0 Å². The number of H-pyrrole nitrogens is 1. The molecule has 3 rings (SSSR count). The lowest BCUT2D eigenvalue weighted by Crippen LogP contribution is -2.00. The Hall–Kier alpha value is -3.62. The molecule has 0 spiro atoms. The summed E-state index contributed by atoms with van der Waals surface area (Å²) in [7, 11) is 4.29. The minimum atomic E-state index is -0.709. The number of aromatic hydroxyl groups is 1. The predicted molar refractivity (Wildman–Crippen MR) is 94.9 cm³/mol. The molecule has 0 radical (unpaired) electrons. The zero-order chi connectivity index (χ0) is 19.6. The molecule has 27 heavy (non-hydrogen) atoms. The predicted octanol–water partition coefficient (Wildman–Crippen LogP) is 3.96. The zero-order valence-electron chi connectivity index (χ0n) is 14.7. The van der Waals surface area contributed by atoms with Crippen molar-refractivity contribution in [1.82, 2.24) is 4.98 Å². The van der Waals surface area contributed by atoms with Crippen LogP contribution in [-0.4, -0.2) is 37.3 Å². The first-order chi connectivity index (χ1) is 13.0. The summed E-state index contributed by atoms with van der Waals surface area (Å²) in [4.78, 5) is 15.0. The van der Waals surface area contributed by atoms with Gasteiger partial charge in [0.1, 0.15) is 5.82 Å². The number of carbonyl (C=O) groups excluding carboxylic acids is 1. The average molecular weight is 373 g/mol. The Bertz CT molecular complexity index is 1020. The first kappa shape index (κ1) is 18.2. The number of halogens is 1. The second-order valence-corrected chi connectivity index (χ2v) is 5.43. The number of rotatable bonds is 5. The van der Waals surface area contributed by atoms with Crippen LogP contribution in [0.15, 0.2) is 40.6 Å². The van der Waals surface area contributed by atoms with Crippen LogP contribution in [-0.2, 0) is 0 Å². The van der Waals surface area contributed by atoms with Crippen molar-refractivity contribution in [3.8, 4) is 23.1 Å². The normalized spacial score (nSPS) is 11.1. The van der Waals surface area contributed by atoms with E-state index in [-0.39, 0.29) is 28.6 Å². The molecule has 3 aromatic rings. The molecule has 0 aliphatic rings. The summed E-state index contributed by atoms with van der Waals surface area (Å²) in [6.45, 7) is 0. The van der Waals surface area contributed by atoms with Gasteiger partial charge in [-0.1, -0.05) is 0 Å². The highest BCUT2D eigenvalue weighted by molar-refractivity contribution is 5.97. The lowest BCUT2D eigenvalue weighted by molar-refractivity contribution is 0.0994. The molecule has 0 fully saturated rings. The minimum Gasteiger partial charge on any atom is -0.493 e. The smallest absolute Gasteiger partial charge is 0.295 e. The number of ether oxygens (including phenoxy) is 3. The van der Waals surface area contributed by atoms with Gasteiger partial charge in [0.25, 0.3) is 5.91 Å². The molecule has 8 nitrogen and oxygen atoms in total. The van der Waals surface area contributed by atoms with Crippen molar-refractivity contribution in [2.75, 3.05) is 21.3 Å². The number of hydrogen-bond acceptors (Lipinski definition) is 6. The molecule has 0 aliphatic carbocycles. The van der Waals surface area contributed by atoms with Gasteiger partial charge in [0.05, 0.1) is 32.4 Å². The standard InChI is InChI=1S/C18H16FN3O5/c1-25-13-6-9(7-14(26-2)16(13)27-3)17(23)22-21-15-11-8-10(19)4-5-12(11)20-18(15)24/h4-8,20,24H,1-3H3. The number of nitrogens with zero attached hydrogens (tertiary/aromatic N) is 2. The second-order valence-electron chi connectivity index (χ2n) is 5.43. The van der Waals surface area contributed by atoms with E-state index in [1.807, 2.05) is 0 Å². The van der Waals surface area contributed by atoms with Crippen LogP contribution in [0.1, 0.15) is 10.4 Å². The summed E-state index contributed by atoms with van der Waals surface area (Å²) in [6.07, 6.45) is 0. The van der Waals surface area contributed by atoms with E-state index in [1.54, 1.807) is 0 Å². The van der Waals surface area contributed by atoms with E-state index >= 15 is 0 Å². The highest BCUT2D eigenvalue weighted by atomic mass is 19.1. The number of amides is 1. The Morgan fingerprint density at radius 3 is 2.33 bits per heavy atom. The summed E-state index contributed by atoms with van der Waals surface area (Å²) in [5.74, 6) is -0.636. The molecular weight excluding hydrogens is 357 g/mol. The highest BCUT2D eigenvalue weighted by Crippen LogP contribution is 2.39. The van der Waals surface area contributed by atoms with Gasteiger partial charge in [0.15, 0.2) is 17.2 Å². The summed E-state index contributed by atoms with van der Waals surface area (Å²) < 4.78 is 29.0. The summed E-state index contributed by atoms with van der Waals surface area (Å²) in [5.41, 5.74) is 0.562. The van der Waals surface area contributed by atoms with E-state index in [1.165, 1.54) is 51.7 Å². The Balaban J connectivity index is 1.98. The number of methoxy groups -OCH3 is 3. The molecule has 140 valence electrons. The van der Waals surface area contributed by atoms with E-state index in [0.29, 0.717) is 16.7 Å². The van der Waals surface area contributed by atoms with Crippen molar-refractivity contribution in [3.05, 3.63) is 41.7 Å². The van der Waals surface area contributed by atoms with Gasteiger partial charge in [0, 0.05) is 5.39 Å². The summed E-state index contributed by atoms with van der Waals surface area (Å²) in [5, 5.41) is 17.6. The van der Waals surface area contributed by atoms with Crippen molar-refractivity contribution < 1.29 is 28.5 Å². The van der Waals surface area contributed by atoms with Gasteiger partial charge in [-0.25, -0.2) is 4.39 Å². The minimum absolute atomic E-state index is 0.0368. The molecule has 1 heterocycles. The molecule has 2 aromatic carbocycles. The van der Waals surface area contributed by atoms with Crippen LogP contribution in [0.25, 0.3) is 10.9 Å². The monoisotopic (exact) mass is 373 g/mol. The fraction of sp³-hybridized carbons (Fsp3) is 0.167. The highest BCUT2D eigenvalue weighted by Gasteiger charge is 2.17. The number of azo groups is 1. The fourth-order valence-electron chi connectivity index (χ4n) is 2.59. The molecule has 0 aliphatic heterocycles. The maximum atomic E-state index is 13.5. The van der Waals surface area contributed by atoms with E-state index in [0.717, 1.165) is 0 Å². The first-order valence-electron chi connectivity index (χ1n) is 7.74. The van der Waals surface area contributed by atoms with Gasteiger partial charge in [-0.05, 0) is 30.3 Å². The van der Waals surface area contributed by atoms with Crippen LogP contribution >= 0.6 is 0 Å². The first-order valence-corrected chi connectivity index (χ1v) is 7.74. The van der Waals surface area contributed by atoms with Crippen molar-refractivity contribution in [1.29, 1.82) is 0 Å². The SMILES string of the molecule is COc1cc(C(=O)N=Nc2c(O)[nH]c3ccc(F)cc23)cc(OC)c1OC. The lowest BCUT2D eigenvalue weighted by atomic mass is 10.1. The van der Waals surface area contributed by atoms with Crippen molar-refractivity contribution >= 4 is 22.5 Å². The van der Waals surface area contributed by atoms with Crippen LogP contribution in [0.5, 0.6) is 23.1 Å². The number of carbonyl (C=O) groups is 1. The van der Waals surface area contributed by atoms with Crippen LogP contribution in [0.3, 0.4) is 0 Å².